The van der Waals surface area contributed by atoms with E-state index in [0.29, 0.717) is 13.2 Å². The third kappa shape index (κ3) is 3.95. The van der Waals surface area contributed by atoms with Crippen molar-refractivity contribution in [1.82, 2.24) is 0 Å². The molecule has 1 aliphatic heterocycles. The first-order valence-electron chi connectivity index (χ1n) is 7.28. The van der Waals surface area contributed by atoms with Crippen molar-refractivity contribution in [3.8, 4) is 0 Å². The molecular formula is C15H26O5. The normalized spacial score (nSPS) is 28.8. The van der Waals surface area contributed by atoms with E-state index in [1.807, 2.05) is 13.8 Å². The third-order valence-corrected chi connectivity index (χ3v) is 3.76. The summed E-state index contributed by atoms with van der Waals surface area (Å²) in [7, 11) is 0. The summed E-state index contributed by atoms with van der Waals surface area (Å²) in [5.41, 5.74) is -1.49. The highest BCUT2D eigenvalue weighted by atomic mass is 16.6. The van der Waals surface area contributed by atoms with Crippen LogP contribution in [0.15, 0.2) is 0 Å². The molecular weight excluding hydrogens is 260 g/mol. The third-order valence-electron chi connectivity index (χ3n) is 3.76. The average Bonchev–Trinajstić information content (AvgIpc) is 2.33. The highest BCUT2D eigenvalue weighted by Crippen LogP contribution is 2.41. The van der Waals surface area contributed by atoms with Crippen molar-refractivity contribution in [1.29, 1.82) is 0 Å². The molecule has 0 spiro atoms. The molecule has 0 aliphatic carbocycles. The highest BCUT2D eigenvalue weighted by molar-refractivity contribution is 5.81. The summed E-state index contributed by atoms with van der Waals surface area (Å²) in [6, 6.07) is 0. The van der Waals surface area contributed by atoms with Crippen molar-refractivity contribution in [2.45, 2.75) is 65.1 Å². The minimum Gasteiger partial charge on any atom is -0.466 e. The maximum absolute atomic E-state index is 12.3. The van der Waals surface area contributed by atoms with E-state index in [-0.39, 0.29) is 18.3 Å². The zero-order valence-electron chi connectivity index (χ0n) is 13.2. The van der Waals surface area contributed by atoms with Crippen LogP contribution in [0.2, 0.25) is 0 Å². The quantitative estimate of drug-likeness (QED) is 0.727. The lowest BCUT2D eigenvalue weighted by Gasteiger charge is -2.46. The molecule has 1 saturated heterocycles. The first kappa shape index (κ1) is 17.0. The van der Waals surface area contributed by atoms with Crippen LogP contribution in [0.5, 0.6) is 0 Å². The molecule has 116 valence electrons. The fraction of sp³-hybridized carbons (Fsp3) is 0.867. The van der Waals surface area contributed by atoms with E-state index in [4.69, 9.17) is 14.2 Å². The van der Waals surface area contributed by atoms with Gasteiger partial charge in [-0.2, -0.15) is 0 Å². The van der Waals surface area contributed by atoms with Crippen LogP contribution in [-0.4, -0.2) is 36.4 Å². The Morgan fingerprint density at radius 1 is 1.15 bits per heavy atom. The van der Waals surface area contributed by atoms with Crippen LogP contribution in [0.3, 0.4) is 0 Å². The number of carbonyl (C=O) groups is 2. The summed E-state index contributed by atoms with van der Waals surface area (Å²) in [5, 5.41) is 0. The molecule has 2 atom stereocenters. The molecule has 0 aromatic rings. The number of carbonyl (C=O) groups excluding carboxylic acids is 2. The van der Waals surface area contributed by atoms with E-state index in [1.54, 1.807) is 20.8 Å². The lowest BCUT2D eigenvalue weighted by atomic mass is 9.76. The maximum Gasteiger partial charge on any atom is 0.338 e. The fourth-order valence-electron chi connectivity index (χ4n) is 2.71. The van der Waals surface area contributed by atoms with Crippen molar-refractivity contribution in [3.05, 3.63) is 0 Å². The van der Waals surface area contributed by atoms with Crippen LogP contribution in [-0.2, 0) is 23.8 Å². The monoisotopic (exact) mass is 286 g/mol. The Balaban J connectivity index is 2.89. The SMILES string of the molecule is CCOC(=O)C[C@@H]1CCC(C)(C)O[C@]1(C)C(=O)OCC. The molecule has 1 fully saturated rings. The summed E-state index contributed by atoms with van der Waals surface area (Å²) in [6.07, 6.45) is 1.71. The lowest BCUT2D eigenvalue weighted by molar-refractivity contribution is -0.220. The minimum absolute atomic E-state index is 0.180. The van der Waals surface area contributed by atoms with E-state index >= 15 is 0 Å². The Bertz CT molecular complexity index is 363. The number of hydrogen-bond donors (Lipinski definition) is 0. The topological polar surface area (TPSA) is 61.8 Å². The zero-order valence-corrected chi connectivity index (χ0v) is 13.2. The Morgan fingerprint density at radius 3 is 2.30 bits per heavy atom. The first-order chi connectivity index (χ1) is 9.25. The van der Waals surface area contributed by atoms with Crippen LogP contribution in [0.4, 0.5) is 0 Å². The lowest BCUT2D eigenvalue weighted by Crippen LogP contribution is -2.55. The standard InChI is InChI=1S/C15H26O5/c1-6-18-12(16)10-11-8-9-14(3,4)20-15(11,5)13(17)19-7-2/h11H,6-10H2,1-5H3/t11-,15-/m0/s1. The van der Waals surface area contributed by atoms with Gasteiger partial charge in [0.05, 0.1) is 25.2 Å². The van der Waals surface area contributed by atoms with Crippen LogP contribution < -0.4 is 0 Å². The number of hydrogen-bond acceptors (Lipinski definition) is 5. The van der Waals surface area contributed by atoms with Crippen molar-refractivity contribution in [2.24, 2.45) is 5.92 Å². The second-order valence-electron chi connectivity index (χ2n) is 5.93. The van der Waals surface area contributed by atoms with Gasteiger partial charge in [0.1, 0.15) is 0 Å². The van der Waals surface area contributed by atoms with Gasteiger partial charge in [0.15, 0.2) is 5.60 Å². The predicted octanol–water partition coefficient (Wildman–Crippen LogP) is 2.47. The van der Waals surface area contributed by atoms with E-state index in [0.717, 1.165) is 12.8 Å². The minimum atomic E-state index is -1.09. The maximum atomic E-state index is 12.3. The molecule has 0 saturated carbocycles. The van der Waals surface area contributed by atoms with E-state index in [9.17, 15) is 9.59 Å². The van der Waals surface area contributed by atoms with Gasteiger partial charge in [-0.3, -0.25) is 4.79 Å². The molecule has 0 aromatic heterocycles. The smallest absolute Gasteiger partial charge is 0.338 e. The number of esters is 2. The molecule has 0 bridgehead atoms. The average molecular weight is 286 g/mol. The Kier molecular flexibility index (Phi) is 5.57. The molecule has 0 N–H and O–H groups in total. The van der Waals surface area contributed by atoms with Crippen molar-refractivity contribution in [2.75, 3.05) is 13.2 Å². The van der Waals surface area contributed by atoms with Crippen molar-refractivity contribution < 1.29 is 23.8 Å². The van der Waals surface area contributed by atoms with Crippen molar-refractivity contribution >= 4 is 11.9 Å². The molecule has 0 unspecified atom stereocenters. The molecule has 0 aromatic carbocycles. The second-order valence-corrected chi connectivity index (χ2v) is 5.93. The summed E-state index contributed by atoms with van der Waals surface area (Å²) in [5.74, 6) is -0.910. The van der Waals surface area contributed by atoms with Gasteiger partial charge in [-0.1, -0.05) is 0 Å². The van der Waals surface area contributed by atoms with Gasteiger partial charge in [0.2, 0.25) is 0 Å². The molecule has 0 amide bonds. The number of ether oxygens (including phenoxy) is 3. The zero-order chi connectivity index (χ0) is 15.4. The van der Waals surface area contributed by atoms with Crippen molar-refractivity contribution in [3.63, 3.8) is 0 Å². The molecule has 0 radical (unpaired) electrons. The molecule has 1 heterocycles. The summed E-state index contributed by atoms with van der Waals surface area (Å²) >= 11 is 0. The first-order valence-corrected chi connectivity index (χ1v) is 7.28. The molecule has 5 heteroatoms. The van der Waals surface area contributed by atoms with E-state index in [2.05, 4.69) is 0 Å². The van der Waals surface area contributed by atoms with Crippen LogP contribution >= 0.6 is 0 Å². The molecule has 1 rings (SSSR count). The summed E-state index contributed by atoms with van der Waals surface area (Å²) in [4.78, 5) is 24.0. The van der Waals surface area contributed by atoms with Gasteiger partial charge in [0, 0.05) is 5.92 Å². The van der Waals surface area contributed by atoms with Gasteiger partial charge in [-0.15, -0.1) is 0 Å². The fourth-order valence-corrected chi connectivity index (χ4v) is 2.71. The molecule has 5 nitrogen and oxygen atoms in total. The van der Waals surface area contributed by atoms with E-state index in [1.165, 1.54) is 0 Å². The van der Waals surface area contributed by atoms with Crippen LogP contribution in [0.25, 0.3) is 0 Å². The largest absolute Gasteiger partial charge is 0.466 e. The second kappa shape index (κ2) is 6.57. The Morgan fingerprint density at radius 2 is 1.75 bits per heavy atom. The summed E-state index contributed by atoms with van der Waals surface area (Å²) < 4.78 is 16.1. The van der Waals surface area contributed by atoms with Gasteiger partial charge >= 0.3 is 11.9 Å². The van der Waals surface area contributed by atoms with Gasteiger partial charge in [-0.25, -0.2) is 4.79 Å². The highest BCUT2D eigenvalue weighted by Gasteiger charge is 2.51. The Labute approximate surface area is 121 Å². The van der Waals surface area contributed by atoms with Gasteiger partial charge in [-0.05, 0) is 47.5 Å². The van der Waals surface area contributed by atoms with Crippen LogP contribution in [0.1, 0.15) is 53.9 Å². The molecule has 1 aliphatic rings. The van der Waals surface area contributed by atoms with E-state index < -0.39 is 17.2 Å². The number of rotatable bonds is 5. The predicted molar refractivity (Wildman–Crippen MR) is 74.2 cm³/mol. The van der Waals surface area contributed by atoms with Crippen LogP contribution in [0, 0.1) is 5.92 Å². The van der Waals surface area contributed by atoms with Gasteiger partial charge in [0.25, 0.3) is 0 Å². The van der Waals surface area contributed by atoms with Gasteiger partial charge < -0.3 is 14.2 Å². The summed E-state index contributed by atoms with van der Waals surface area (Å²) in [6.45, 7) is 9.78. The Hall–Kier alpha value is -1.10. The molecule has 20 heavy (non-hydrogen) atoms.